The zero-order chi connectivity index (χ0) is 33.9. The summed E-state index contributed by atoms with van der Waals surface area (Å²) in [7, 11) is 0. The second-order valence-corrected chi connectivity index (χ2v) is 13.6. The van der Waals surface area contributed by atoms with Gasteiger partial charge < -0.3 is 8.97 Å². The third-order valence-electron chi connectivity index (χ3n) is 10.9. The molecule has 0 saturated heterocycles. The van der Waals surface area contributed by atoms with E-state index in [4.69, 9.17) is 15.0 Å². The fraction of sp³-hybridized carbons (Fsp3) is 0. The summed E-state index contributed by atoms with van der Waals surface area (Å²) in [5, 5.41) is 10.1. The molecular formula is C47H27N5. The van der Waals surface area contributed by atoms with Crippen LogP contribution in [0.1, 0.15) is 0 Å². The predicted molar refractivity (Wildman–Crippen MR) is 214 cm³/mol. The molecule has 0 aliphatic rings. The van der Waals surface area contributed by atoms with Gasteiger partial charge in [-0.25, -0.2) is 15.0 Å². The Morgan fingerprint density at radius 2 is 0.942 bits per heavy atom. The Bertz CT molecular complexity index is 3280. The normalized spacial score (nSPS) is 12.2. The molecule has 0 amide bonds. The van der Waals surface area contributed by atoms with Gasteiger partial charge in [-0.1, -0.05) is 127 Å². The lowest BCUT2D eigenvalue weighted by atomic mass is 9.97. The molecule has 0 fully saturated rings. The highest BCUT2D eigenvalue weighted by Gasteiger charge is 2.26. The minimum Gasteiger partial charge on any atom is -0.308 e. The van der Waals surface area contributed by atoms with Crippen LogP contribution in [-0.2, 0) is 0 Å². The Balaban J connectivity index is 1.24. The Hall–Kier alpha value is -7.11. The van der Waals surface area contributed by atoms with E-state index < -0.39 is 0 Å². The molecule has 0 bridgehead atoms. The lowest BCUT2D eigenvalue weighted by Crippen LogP contribution is -2.03. The van der Waals surface area contributed by atoms with Crippen LogP contribution in [0.25, 0.3) is 111 Å². The minimum absolute atomic E-state index is 0.633. The molecule has 0 atom stereocenters. The summed E-state index contributed by atoms with van der Waals surface area (Å²) in [5.41, 5.74) is 9.85. The van der Waals surface area contributed by atoms with Gasteiger partial charge in [0.1, 0.15) is 0 Å². The SMILES string of the molecule is c1ccc(-c2nc(-c3ccccc3)nc(-c3ccccc3-n3c4ccc5ccc6cccc7c6c5c4c4c3ccc3c5ccccc5n7c34)n2)cc1. The van der Waals surface area contributed by atoms with Crippen molar-refractivity contribution < 1.29 is 0 Å². The average Bonchev–Trinajstić information content (AvgIpc) is 3.69. The van der Waals surface area contributed by atoms with Crippen LogP contribution < -0.4 is 0 Å². The van der Waals surface area contributed by atoms with E-state index in [1.807, 2.05) is 36.4 Å². The van der Waals surface area contributed by atoms with Gasteiger partial charge in [0.05, 0.1) is 33.3 Å². The molecule has 4 heterocycles. The zero-order valence-electron chi connectivity index (χ0n) is 27.8. The first-order valence-corrected chi connectivity index (χ1v) is 17.6. The van der Waals surface area contributed by atoms with Crippen molar-refractivity contribution >= 4 is 70.7 Å². The molecule has 52 heavy (non-hydrogen) atoms. The number of para-hydroxylation sites is 2. The number of aromatic nitrogens is 5. The number of benzene rings is 8. The van der Waals surface area contributed by atoms with Crippen molar-refractivity contribution in [3.8, 4) is 39.9 Å². The average molecular weight is 662 g/mol. The molecular weight excluding hydrogens is 635 g/mol. The lowest BCUT2D eigenvalue weighted by molar-refractivity contribution is 1.06. The molecule has 0 aliphatic carbocycles. The standard InChI is InChI=1S/C47H27N5/c1-3-12-30(13-4-1)45-48-46(31-14-5-2-6-15-31)50-47(49-45)34-18-8-10-20-36(34)51-38-26-24-29-23-22-28-16-11-21-37-40(28)41(29)42(38)43-39(51)27-25-33-32-17-7-9-19-35(32)52(37)44(33)43/h1-27H. The van der Waals surface area contributed by atoms with Gasteiger partial charge in [-0.05, 0) is 47.2 Å². The third kappa shape index (κ3) is 3.64. The van der Waals surface area contributed by atoms with E-state index in [2.05, 4.69) is 136 Å². The van der Waals surface area contributed by atoms with E-state index in [0.717, 1.165) is 33.4 Å². The lowest BCUT2D eigenvalue weighted by Gasteiger charge is -2.15. The molecule has 0 N–H and O–H groups in total. The molecule has 5 heteroatoms. The van der Waals surface area contributed by atoms with Gasteiger partial charge >= 0.3 is 0 Å². The van der Waals surface area contributed by atoms with E-state index in [1.54, 1.807) is 0 Å². The summed E-state index contributed by atoms with van der Waals surface area (Å²) in [4.78, 5) is 15.3. The summed E-state index contributed by atoms with van der Waals surface area (Å²) in [5.74, 6) is 1.92. The second kappa shape index (κ2) is 10.2. The van der Waals surface area contributed by atoms with E-state index in [9.17, 15) is 0 Å². The van der Waals surface area contributed by atoms with Gasteiger partial charge in [0, 0.05) is 49.0 Å². The van der Waals surface area contributed by atoms with Crippen molar-refractivity contribution in [1.82, 2.24) is 23.9 Å². The van der Waals surface area contributed by atoms with Crippen LogP contribution in [0, 0.1) is 0 Å². The first kappa shape index (κ1) is 27.7. The fourth-order valence-electron chi connectivity index (χ4n) is 8.70. The maximum absolute atomic E-state index is 5.17. The van der Waals surface area contributed by atoms with Gasteiger partial charge in [-0.2, -0.15) is 0 Å². The predicted octanol–water partition coefficient (Wildman–Crippen LogP) is 11.7. The Morgan fingerprint density at radius 1 is 0.346 bits per heavy atom. The van der Waals surface area contributed by atoms with E-state index >= 15 is 0 Å². The Morgan fingerprint density at radius 3 is 1.73 bits per heavy atom. The Kier molecular flexibility index (Phi) is 5.44. The largest absolute Gasteiger partial charge is 0.308 e. The summed E-state index contributed by atoms with van der Waals surface area (Å²) >= 11 is 0. The van der Waals surface area contributed by atoms with E-state index in [-0.39, 0.29) is 0 Å². The van der Waals surface area contributed by atoms with Crippen molar-refractivity contribution in [2.45, 2.75) is 0 Å². The van der Waals surface area contributed by atoms with Gasteiger partial charge in [0.25, 0.3) is 0 Å². The maximum Gasteiger partial charge on any atom is 0.166 e. The zero-order valence-corrected chi connectivity index (χ0v) is 27.8. The summed E-state index contributed by atoms with van der Waals surface area (Å²) in [6.07, 6.45) is 0. The van der Waals surface area contributed by atoms with Crippen LogP contribution in [0.15, 0.2) is 164 Å². The molecule has 8 aromatic carbocycles. The maximum atomic E-state index is 5.17. The van der Waals surface area contributed by atoms with Crippen molar-refractivity contribution in [3.05, 3.63) is 164 Å². The smallest absolute Gasteiger partial charge is 0.166 e. The molecule has 0 aliphatic heterocycles. The Labute approximate surface area is 297 Å². The molecule has 0 spiro atoms. The molecule has 240 valence electrons. The van der Waals surface area contributed by atoms with Crippen molar-refractivity contribution in [1.29, 1.82) is 0 Å². The highest BCUT2D eigenvalue weighted by molar-refractivity contribution is 6.37. The topological polar surface area (TPSA) is 48.0 Å². The number of fused-ring (bicyclic) bond motifs is 4. The van der Waals surface area contributed by atoms with Crippen LogP contribution in [0.5, 0.6) is 0 Å². The molecule has 12 aromatic rings. The minimum atomic E-state index is 0.633. The number of hydrogen-bond donors (Lipinski definition) is 0. The van der Waals surface area contributed by atoms with Crippen LogP contribution >= 0.6 is 0 Å². The van der Waals surface area contributed by atoms with Crippen molar-refractivity contribution in [2.75, 3.05) is 0 Å². The monoisotopic (exact) mass is 661 g/mol. The molecule has 5 nitrogen and oxygen atoms in total. The van der Waals surface area contributed by atoms with Crippen LogP contribution in [0.2, 0.25) is 0 Å². The van der Waals surface area contributed by atoms with Crippen LogP contribution in [0.3, 0.4) is 0 Å². The quantitative estimate of drug-likeness (QED) is 0.176. The van der Waals surface area contributed by atoms with E-state index in [1.165, 1.54) is 59.6 Å². The van der Waals surface area contributed by atoms with E-state index in [0.29, 0.717) is 17.5 Å². The molecule has 0 radical (unpaired) electrons. The first-order valence-electron chi connectivity index (χ1n) is 17.6. The highest BCUT2D eigenvalue weighted by atomic mass is 15.1. The van der Waals surface area contributed by atoms with Crippen LogP contribution in [-0.4, -0.2) is 23.9 Å². The summed E-state index contributed by atoms with van der Waals surface area (Å²) in [6.45, 7) is 0. The number of hydrogen-bond acceptors (Lipinski definition) is 3. The van der Waals surface area contributed by atoms with Crippen molar-refractivity contribution in [2.24, 2.45) is 0 Å². The summed E-state index contributed by atoms with van der Waals surface area (Å²) < 4.78 is 4.94. The third-order valence-corrected chi connectivity index (χ3v) is 10.9. The van der Waals surface area contributed by atoms with Gasteiger partial charge in [-0.3, -0.25) is 0 Å². The second-order valence-electron chi connectivity index (χ2n) is 13.6. The number of rotatable bonds is 4. The molecule has 0 unspecified atom stereocenters. The summed E-state index contributed by atoms with van der Waals surface area (Å²) in [6, 6.07) is 58.2. The fourth-order valence-corrected chi connectivity index (χ4v) is 8.70. The van der Waals surface area contributed by atoms with Gasteiger partial charge in [-0.15, -0.1) is 0 Å². The molecule has 0 saturated carbocycles. The van der Waals surface area contributed by atoms with Crippen LogP contribution in [0.4, 0.5) is 0 Å². The van der Waals surface area contributed by atoms with Gasteiger partial charge in [0.2, 0.25) is 0 Å². The molecule has 12 rings (SSSR count). The first-order chi connectivity index (χ1) is 25.8. The van der Waals surface area contributed by atoms with Gasteiger partial charge in [0.15, 0.2) is 17.5 Å². The van der Waals surface area contributed by atoms with Crippen molar-refractivity contribution in [3.63, 3.8) is 0 Å². The molecule has 4 aromatic heterocycles. The number of nitrogens with zero attached hydrogens (tertiary/aromatic N) is 5. The highest BCUT2D eigenvalue weighted by Crippen LogP contribution is 2.48.